The third kappa shape index (κ3) is 4.80. The van der Waals surface area contributed by atoms with Crippen LogP contribution in [0.2, 0.25) is 0 Å². The Morgan fingerprint density at radius 2 is 1.70 bits per heavy atom. The number of nitrogens with one attached hydrogen (secondary N) is 1. The van der Waals surface area contributed by atoms with Crippen molar-refractivity contribution in [2.24, 2.45) is 0 Å². The van der Waals surface area contributed by atoms with Gasteiger partial charge in [-0.1, -0.05) is 24.3 Å². The van der Waals surface area contributed by atoms with E-state index in [-0.39, 0.29) is 5.91 Å². The molecule has 144 valence electrons. The van der Waals surface area contributed by atoms with Crippen LogP contribution in [0.3, 0.4) is 0 Å². The monoisotopic (exact) mass is 367 g/mol. The highest BCUT2D eigenvalue weighted by Gasteiger charge is 2.19. The second kappa shape index (κ2) is 8.91. The summed E-state index contributed by atoms with van der Waals surface area (Å²) in [6, 6.07) is 16.4. The molecule has 0 aliphatic carbocycles. The third-order valence-corrected chi connectivity index (χ3v) is 5.15. The lowest BCUT2D eigenvalue weighted by Gasteiger charge is -2.38. The van der Waals surface area contributed by atoms with Gasteiger partial charge in [-0.15, -0.1) is 0 Å². The highest BCUT2D eigenvalue weighted by molar-refractivity contribution is 5.96. The maximum Gasteiger partial charge on any atom is 0.255 e. The Morgan fingerprint density at radius 1 is 1.04 bits per heavy atom. The number of ether oxygens (including phenoxy) is 1. The topological polar surface area (TPSA) is 44.8 Å². The zero-order valence-corrected chi connectivity index (χ0v) is 16.4. The number of rotatable bonds is 6. The van der Waals surface area contributed by atoms with Gasteiger partial charge in [0, 0.05) is 44.5 Å². The highest BCUT2D eigenvalue weighted by Crippen LogP contribution is 2.19. The Labute approximate surface area is 161 Å². The molecule has 1 saturated heterocycles. The summed E-state index contributed by atoms with van der Waals surface area (Å²) in [6.07, 6.45) is 0. The van der Waals surface area contributed by atoms with Crippen molar-refractivity contribution in [2.75, 3.05) is 38.2 Å². The maximum atomic E-state index is 12.4. The van der Waals surface area contributed by atoms with Gasteiger partial charge >= 0.3 is 0 Å². The molecule has 1 amide bonds. The minimum absolute atomic E-state index is 0.124. The van der Waals surface area contributed by atoms with Crippen LogP contribution in [0.1, 0.15) is 29.8 Å². The van der Waals surface area contributed by atoms with E-state index in [1.807, 2.05) is 12.1 Å². The number of carbonyl (C=O) groups is 1. The SMILES string of the molecule is COc1ccccc1C(=O)NCc1ccc(N2CCN(C(C)C)CC2)cc1. The van der Waals surface area contributed by atoms with E-state index in [0.717, 1.165) is 31.7 Å². The molecule has 1 aliphatic rings. The van der Waals surface area contributed by atoms with Gasteiger partial charge in [-0.25, -0.2) is 0 Å². The first-order chi connectivity index (χ1) is 13.1. The molecule has 1 heterocycles. The van der Waals surface area contributed by atoms with Crippen LogP contribution in [0.4, 0.5) is 5.69 Å². The molecule has 1 N–H and O–H groups in total. The van der Waals surface area contributed by atoms with Crippen LogP contribution < -0.4 is 15.0 Å². The number of hydrogen-bond acceptors (Lipinski definition) is 4. The highest BCUT2D eigenvalue weighted by atomic mass is 16.5. The summed E-state index contributed by atoms with van der Waals surface area (Å²) < 4.78 is 5.25. The van der Waals surface area contributed by atoms with E-state index in [2.05, 4.69) is 53.2 Å². The van der Waals surface area contributed by atoms with Gasteiger partial charge in [0.25, 0.3) is 5.91 Å². The predicted molar refractivity (Wildman–Crippen MR) is 110 cm³/mol. The summed E-state index contributed by atoms with van der Waals surface area (Å²) in [5, 5.41) is 2.97. The molecule has 1 aliphatic heterocycles. The zero-order valence-electron chi connectivity index (χ0n) is 16.4. The van der Waals surface area contributed by atoms with Crippen molar-refractivity contribution in [2.45, 2.75) is 26.4 Å². The van der Waals surface area contributed by atoms with E-state index >= 15 is 0 Å². The quantitative estimate of drug-likeness (QED) is 0.852. The molecule has 2 aromatic carbocycles. The standard InChI is InChI=1S/C22H29N3O2/c1-17(2)24-12-14-25(15-13-24)19-10-8-18(9-11-19)16-23-22(26)20-6-4-5-7-21(20)27-3/h4-11,17H,12-16H2,1-3H3,(H,23,26). The molecular weight excluding hydrogens is 338 g/mol. The van der Waals surface area contributed by atoms with Crippen LogP contribution in [0, 0.1) is 0 Å². The number of anilines is 1. The summed E-state index contributed by atoms with van der Waals surface area (Å²) in [5.41, 5.74) is 2.89. The number of benzene rings is 2. The number of nitrogens with zero attached hydrogens (tertiary/aromatic N) is 2. The smallest absolute Gasteiger partial charge is 0.255 e. The zero-order chi connectivity index (χ0) is 19.2. The molecule has 1 fully saturated rings. The van der Waals surface area contributed by atoms with E-state index in [4.69, 9.17) is 4.74 Å². The van der Waals surface area contributed by atoms with Crippen LogP contribution in [0.15, 0.2) is 48.5 Å². The maximum absolute atomic E-state index is 12.4. The molecule has 3 rings (SSSR count). The molecule has 0 atom stereocenters. The lowest BCUT2D eigenvalue weighted by molar-refractivity contribution is 0.0948. The summed E-state index contributed by atoms with van der Waals surface area (Å²) >= 11 is 0. The first-order valence-electron chi connectivity index (χ1n) is 9.57. The Kier molecular flexibility index (Phi) is 6.35. The largest absolute Gasteiger partial charge is 0.496 e. The molecule has 0 spiro atoms. The fourth-order valence-electron chi connectivity index (χ4n) is 3.43. The van der Waals surface area contributed by atoms with Crippen LogP contribution >= 0.6 is 0 Å². The van der Waals surface area contributed by atoms with E-state index in [0.29, 0.717) is 23.9 Å². The van der Waals surface area contributed by atoms with Crippen molar-refractivity contribution in [3.8, 4) is 5.75 Å². The number of para-hydroxylation sites is 1. The fourth-order valence-corrected chi connectivity index (χ4v) is 3.43. The molecule has 5 heteroatoms. The molecule has 0 saturated carbocycles. The Balaban J connectivity index is 1.54. The van der Waals surface area contributed by atoms with Crippen molar-refractivity contribution in [1.29, 1.82) is 0 Å². The summed E-state index contributed by atoms with van der Waals surface area (Å²) in [5.74, 6) is 0.465. The molecule has 0 radical (unpaired) electrons. The number of methoxy groups -OCH3 is 1. The van der Waals surface area contributed by atoms with E-state index < -0.39 is 0 Å². The number of amides is 1. The minimum atomic E-state index is -0.124. The van der Waals surface area contributed by atoms with E-state index in [1.54, 1.807) is 19.2 Å². The van der Waals surface area contributed by atoms with Gasteiger partial charge in [0.2, 0.25) is 0 Å². The van der Waals surface area contributed by atoms with Gasteiger partial charge in [-0.05, 0) is 43.7 Å². The first-order valence-corrected chi connectivity index (χ1v) is 9.57. The molecule has 5 nitrogen and oxygen atoms in total. The lowest BCUT2D eigenvalue weighted by Crippen LogP contribution is -2.48. The van der Waals surface area contributed by atoms with Gasteiger partial charge < -0.3 is 15.0 Å². The summed E-state index contributed by atoms with van der Waals surface area (Å²) in [6.45, 7) is 9.33. The van der Waals surface area contributed by atoms with Gasteiger partial charge in [0.1, 0.15) is 5.75 Å². The molecular formula is C22H29N3O2. The van der Waals surface area contributed by atoms with Gasteiger partial charge in [0.15, 0.2) is 0 Å². The van der Waals surface area contributed by atoms with Crippen LogP contribution in [0.25, 0.3) is 0 Å². The Bertz CT molecular complexity index is 750. The Morgan fingerprint density at radius 3 is 2.33 bits per heavy atom. The van der Waals surface area contributed by atoms with Crippen molar-refractivity contribution in [3.63, 3.8) is 0 Å². The van der Waals surface area contributed by atoms with Crippen LogP contribution in [-0.4, -0.2) is 50.1 Å². The van der Waals surface area contributed by atoms with Crippen LogP contribution in [0.5, 0.6) is 5.75 Å². The first kappa shape index (κ1) is 19.2. The van der Waals surface area contributed by atoms with Crippen molar-refractivity contribution < 1.29 is 9.53 Å². The van der Waals surface area contributed by atoms with E-state index in [9.17, 15) is 4.79 Å². The summed E-state index contributed by atoms with van der Waals surface area (Å²) in [4.78, 5) is 17.3. The second-order valence-electron chi connectivity index (χ2n) is 7.17. The number of hydrogen-bond donors (Lipinski definition) is 1. The van der Waals surface area contributed by atoms with Crippen molar-refractivity contribution in [3.05, 3.63) is 59.7 Å². The number of carbonyl (C=O) groups excluding carboxylic acids is 1. The molecule has 0 bridgehead atoms. The Hall–Kier alpha value is -2.53. The van der Waals surface area contributed by atoms with Gasteiger partial charge in [-0.3, -0.25) is 9.69 Å². The van der Waals surface area contributed by atoms with Crippen molar-refractivity contribution >= 4 is 11.6 Å². The molecule has 27 heavy (non-hydrogen) atoms. The average molecular weight is 367 g/mol. The van der Waals surface area contributed by atoms with Crippen LogP contribution in [-0.2, 0) is 6.54 Å². The molecule has 0 aromatic heterocycles. The summed E-state index contributed by atoms with van der Waals surface area (Å²) in [7, 11) is 1.58. The third-order valence-electron chi connectivity index (χ3n) is 5.15. The fraction of sp³-hybridized carbons (Fsp3) is 0.409. The average Bonchev–Trinajstić information content (AvgIpc) is 2.72. The lowest BCUT2D eigenvalue weighted by atomic mass is 10.1. The van der Waals surface area contributed by atoms with Gasteiger partial charge in [0.05, 0.1) is 12.7 Å². The van der Waals surface area contributed by atoms with E-state index in [1.165, 1.54) is 5.69 Å². The molecule has 2 aromatic rings. The number of piperazine rings is 1. The predicted octanol–water partition coefficient (Wildman–Crippen LogP) is 3.16. The second-order valence-corrected chi connectivity index (χ2v) is 7.17. The molecule has 0 unspecified atom stereocenters. The normalized spacial score (nSPS) is 15.0. The minimum Gasteiger partial charge on any atom is -0.496 e. The van der Waals surface area contributed by atoms with Gasteiger partial charge in [-0.2, -0.15) is 0 Å². The van der Waals surface area contributed by atoms with Crippen molar-refractivity contribution in [1.82, 2.24) is 10.2 Å².